The second-order valence-electron chi connectivity index (χ2n) is 4.64. The molecule has 0 saturated heterocycles. The number of hydrogen-bond donors (Lipinski definition) is 1. The van der Waals surface area contributed by atoms with Crippen molar-refractivity contribution >= 4 is 11.3 Å². The van der Waals surface area contributed by atoms with Gasteiger partial charge in [-0.3, -0.25) is 0 Å². The van der Waals surface area contributed by atoms with E-state index in [1.807, 2.05) is 17.4 Å². The molecule has 0 radical (unpaired) electrons. The van der Waals surface area contributed by atoms with Crippen LogP contribution in [-0.2, 0) is 19.5 Å². The third-order valence-corrected chi connectivity index (χ3v) is 4.22. The van der Waals surface area contributed by atoms with Crippen LogP contribution >= 0.6 is 11.3 Å². The second-order valence-corrected chi connectivity index (χ2v) is 5.64. The summed E-state index contributed by atoms with van der Waals surface area (Å²) in [6, 6.07) is 8.52. The van der Waals surface area contributed by atoms with Gasteiger partial charge in [0.25, 0.3) is 0 Å². The molecule has 0 spiro atoms. The van der Waals surface area contributed by atoms with Crippen molar-refractivity contribution in [1.29, 1.82) is 0 Å². The molecular formula is C16H21NOS. The number of thiophene rings is 1. The van der Waals surface area contributed by atoms with Gasteiger partial charge in [0, 0.05) is 23.5 Å². The fraction of sp³-hybridized carbons (Fsp3) is 0.375. The summed E-state index contributed by atoms with van der Waals surface area (Å²) in [6.45, 7) is 6.08. The maximum absolute atomic E-state index is 5.40. The summed E-state index contributed by atoms with van der Waals surface area (Å²) < 4.78 is 5.40. The van der Waals surface area contributed by atoms with Crippen LogP contribution in [0.3, 0.4) is 0 Å². The molecule has 19 heavy (non-hydrogen) atoms. The predicted octanol–water partition coefficient (Wildman–Crippen LogP) is 3.92. The maximum atomic E-state index is 5.40. The minimum atomic E-state index is 0.839. The normalized spacial score (nSPS) is 10.7. The molecule has 2 aromatic rings. The third-order valence-electron chi connectivity index (χ3n) is 3.26. The SMILES string of the molecule is CCc1ccsc1CNCc1cc(C)ccc1OC. The van der Waals surface area contributed by atoms with Crippen LogP contribution in [0.2, 0.25) is 0 Å². The number of benzene rings is 1. The van der Waals surface area contributed by atoms with Crippen LogP contribution < -0.4 is 10.1 Å². The number of nitrogens with one attached hydrogen (secondary N) is 1. The van der Waals surface area contributed by atoms with Crippen LogP contribution in [0.1, 0.15) is 28.5 Å². The van der Waals surface area contributed by atoms with Crippen molar-refractivity contribution in [2.24, 2.45) is 0 Å². The van der Waals surface area contributed by atoms with E-state index in [1.165, 1.54) is 21.6 Å². The van der Waals surface area contributed by atoms with Crippen LogP contribution in [0.15, 0.2) is 29.6 Å². The molecule has 1 heterocycles. The van der Waals surface area contributed by atoms with Gasteiger partial charge >= 0.3 is 0 Å². The molecule has 0 fully saturated rings. The van der Waals surface area contributed by atoms with Gasteiger partial charge in [0.05, 0.1) is 7.11 Å². The van der Waals surface area contributed by atoms with E-state index in [9.17, 15) is 0 Å². The van der Waals surface area contributed by atoms with Crippen LogP contribution in [0, 0.1) is 6.92 Å². The highest BCUT2D eigenvalue weighted by Crippen LogP contribution is 2.20. The molecule has 2 rings (SSSR count). The Balaban J connectivity index is 1.97. The number of methoxy groups -OCH3 is 1. The van der Waals surface area contributed by atoms with Gasteiger partial charge in [0.2, 0.25) is 0 Å². The first-order valence-corrected chi connectivity index (χ1v) is 7.52. The Morgan fingerprint density at radius 3 is 2.74 bits per heavy atom. The molecule has 0 bridgehead atoms. The highest BCUT2D eigenvalue weighted by molar-refractivity contribution is 7.10. The molecule has 1 aromatic heterocycles. The fourth-order valence-electron chi connectivity index (χ4n) is 2.19. The molecule has 0 aliphatic carbocycles. The Bertz CT molecular complexity index is 533. The lowest BCUT2D eigenvalue weighted by Gasteiger charge is -2.10. The summed E-state index contributed by atoms with van der Waals surface area (Å²) in [4.78, 5) is 1.44. The van der Waals surface area contributed by atoms with E-state index in [1.54, 1.807) is 7.11 Å². The first-order valence-electron chi connectivity index (χ1n) is 6.64. The minimum absolute atomic E-state index is 0.839. The summed E-state index contributed by atoms with van der Waals surface area (Å²) in [5, 5.41) is 5.68. The van der Waals surface area contributed by atoms with E-state index in [0.29, 0.717) is 0 Å². The largest absolute Gasteiger partial charge is 0.496 e. The molecule has 102 valence electrons. The van der Waals surface area contributed by atoms with Gasteiger partial charge in [0.1, 0.15) is 5.75 Å². The topological polar surface area (TPSA) is 21.3 Å². The van der Waals surface area contributed by atoms with E-state index in [4.69, 9.17) is 4.74 Å². The maximum Gasteiger partial charge on any atom is 0.123 e. The second kappa shape index (κ2) is 6.73. The number of aryl methyl sites for hydroxylation is 2. The van der Waals surface area contributed by atoms with Gasteiger partial charge in [-0.25, -0.2) is 0 Å². The van der Waals surface area contributed by atoms with E-state index < -0.39 is 0 Å². The van der Waals surface area contributed by atoms with Crippen molar-refractivity contribution in [3.8, 4) is 5.75 Å². The minimum Gasteiger partial charge on any atom is -0.496 e. The van der Waals surface area contributed by atoms with Crippen molar-refractivity contribution in [3.63, 3.8) is 0 Å². The highest BCUT2D eigenvalue weighted by Gasteiger charge is 2.05. The molecule has 1 aromatic carbocycles. The molecular weight excluding hydrogens is 254 g/mol. The molecule has 0 atom stereocenters. The van der Waals surface area contributed by atoms with Crippen LogP contribution in [-0.4, -0.2) is 7.11 Å². The molecule has 3 heteroatoms. The van der Waals surface area contributed by atoms with Crippen LogP contribution in [0.25, 0.3) is 0 Å². The molecule has 0 aliphatic rings. The van der Waals surface area contributed by atoms with Gasteiger partial charge in [-0.1, -0.05) is 24.6 Å². The standard InChI is InChI=1S/C16H21NOS/c1-4-13-7-8-19-16(13)11-17-10-14-9-12(2)5-6-15(14)18-3/h5-9,17H,4,10-11H2,1-3H3. The zero-order chi connectivity index (χ0) is 13.7. The summed E-state index contributed by atoms with van der Waals surface area (Å²) in [6.07, 6.45) is 1.11. The Morgan fingerprint density at radius 1 is 1.16 bits per heavy atom. The molecule has 0 amide bonds. The van der Waals surface area contributed by atoms with Crippen molar-refractivity contribution in [2.45, 2.75) is 33.4 Å². The molecule has 2 nitrogen and oxygen atoms in total. The molecule has 0 aliphatic heterocycles. The monoisotopic (exact) mass is 275 g/mol. The first-order chi connectivity index (χ1) is 9.24. The average molecular weight is 275 g/mol. The van der Waals surface area contributed by atoms with Crippen LogP contribution in [0.5, 0.6) is 5.75 Å². The van der Waals surface area contributed by atoms with E-state index in [2.05, 4.69) is 42.7 Å². The Labute approximate surface area is 119 Å². The van der Waals surface area contributed by atoms with Crippen molar-refractivity contribution in [1.82, 2.24) is 5.32 Å². The van der Waals surface area contributed by atoms with Gasteiger partial charge in [-0.05, 0) is 36.4 Å². The lowest BCUT2D eigenvalue weighted by molar-refractivity contribution is 0.407. The van der Waals surface area contributed by atoms with Crippen molar-refractivity contribution in [3.05, 3.63) is 51.2 Å². The first kappa shape index (κ1) is 14.1. The smallest absolute Gasteiger partial charge is 0.123 e. The number of ether oxygens (including phenoxy) is 1. The molecule has 1 N–H and O–H groups in total. The molecule has 0 unspecified atom stereocenters. The molecule has 0 saturated carbocycles. The Morgan fingerprint density at radius 2 is 2.00 bits per heavy atom. The van der Waals surface area contributed by atoms with Gasteiger partial charge in [0.15, 0.2) is 0 Å². The van der Waals surface area contributed by atoms with E-state index >= 15 is 0 Å². The summed E-state index contributed by atoms with van der Waals surface area (Å²) in [5.41, 5.74) is 3.94. The van der Waals surface area contributed by atoms with Crippen molar-refractivity contribution < 1.29 is 4.74 Å². The lowest BCUT2D eigenvalue weighted by Crippen LogP contribution is -2.13. The number of hydrogen-bond acceptors (Lipinski definition) is 3. The summed E-state index contributed by atoms with van der Waals surface area (Å²) in [5.74, 6) is 0.958. The number of rotatable bonds is 6. The van der Waals surface area contributed by atoms with Gasteiger partial charge in [-0.2, -0.15) is 0 Å². The quantitative estimate of drug-likeness (QED) is 0.863. The van der Waals surface area contributed by atoms with Gasteiger partial charge in [-0.15, -0.1) is 11.3 Å². The zero-order valence-electron chi connectivity index (χ0n) is 11.8. The summed E-state index contributed by atoms with van der Waals surface area (Å²) >= 11 is 1.83. The van der Waals surface area contributed by atoms with Crippen LogP contribution in [0.4, 0.5) is 0 Å². The summed E-state index contributed by atoms with van der Waals surface area (Å²) in [7, 11) is 1.72. The average Bonchev–Trinajstić information content (AvgIpc) is 2.86. The third kappa shape index (κ3) is 3.58. The van der Waals surface area contributed by atoms with Crippen molar-refractivity contribution in [2.75, 3.05) is 7.11 Å². The zero-order valence-corrected chi connectivity index (χ0v) is 12.6. The lowest BCUT2D eigenvalue weighted by atomic mass is 10.1. The highest BCUT2D eigenvalue weighted by atomic mass is 32.1. The predicted molar refractivity (Wildman–Crippen MR) is 82.0 cm³/mol. The Hall–Kier alpha value is -1.32. The van der Waals surface area contributed by atoms with E-state index in [-0.39, 0.29) is 0 Å². The van der Waals surface area contributed by atoms with Gasteiger partial charge < -0.3 is 10.1 Å². The fourth-order valence-corrected chi connectivity index (χ4v) is 3.14. The Kier molecular flexibility index (Phi) is 5.00. The van der Waals surface area contributed by atoms with E-state index in [0.717, 1.165) is 25.3 Å².